The Hall–Kier alpha value is -2.50. The number of carbonyl (C=O) groups is 1. The molecule has 0 spiro atoms. The van der Waals surface area contributed by atoms with Gasteiger partial charge in [-0.05, 0) is 30.7 Å². The Labute approximate surface area is 119 Å². The Morgan fingerprint density at radius 3 is 2.19 bits per heavy atom. The quantitative estimate of drug-likeness (QED) is 0.847. The number of amides is 1. The molecule has 0 radical (unpaired) electrons. The maximum Gasteiger partial charge on any atom is 0.255 e. The number of aryl methyl sites for hydroxylation is 1. The SMILES string of the molecule is CNc1ccc(C(=O)Nc2cc(F)c(F)c(F)c2)cc1C. The van der Waals surface area contributed by atoms with Crippen LogP contribution >= 0.6 is 0 Å². The zero-order valence-electron chi connectivity index (χ0n) is 11.4. The summed E-state index contributed by atoms with van der Waals surface area (Å²) in [6, 6.07) is 6.38. The molecule has 0 unspecified atom stereocenters. The fraction of sp³-hybridized carbons (Fsp3) is 0.133. The standard InChI is InChI=1S/C15H13F3N2O/c1-8-5-9(3-4-13(8)19-2)15(21)20-10-6-11(16)14(18)12(17)7-10/h3-7,19H,1-2H3,(H,20,21). The number of hydrogen-bond donors (Lipinski definition) is 2. The number of nitrogens with one attached hydrogen (secondary N) is 2. The van der Waals surface area contributed by atoms with Gasteiger partial charge in [0.2, 0.25) is 0 Å². The van der Waals surface area contributed by atoms with Crippen LogP contribution in [0, 0.1) is 24.4 Å². The molecule has 2 aromatic rings. The fourth-order valence-electron chi connectivity index (χ4n) is 1.92. The topological polar surface area (TPSA) is 41.1 Å². The highest BCUT2D eigenvalue weighted by Gasteiger charge is 2.13. The van der Waals surface area contributed by atoms with Crippen molar-refractivity contribution in [3.63, 3.8) is 0 Å². The second-order valence-electron chi connectivity index (χ2n) is 4.49. The van der Waals surface area contributed by atoms with Crippen LogP contribution in [0.25, 0.3) is 0 Å². The van der Waals surface area contributed by atoms with E-state index in [2.05, 4.69) is 10.6 Å². The Bertz CT molecular complexity index is 678. The summed E-state index contributed by atoms with van der Waals surface area (Å²) < 4.78 is 39.0. The van der Waals surface area contributed by atoms with Crippen molar-refractivity contribution >= 4 is 17.3 Å². The summed E-state index contributed by atoms with van der Waals surface area (Å²) in [5.74, 6) is -4.81. The third kappa shape index (κ3) is 3.16. The molecule has 2 N–H and O–H groups in total. The summed E-state index contributed by atoms with van der Waals surface area (Å²) in [7, 11) is 1.76. The van der Waals surface area contributed by atoms with E-state index in [4.69, 9.17) is 0 Å². The minimum atomic E-state index is -1.57. The minimum Gasteiger partial charge on any atom is -0.388 e. The second-order valence-corrected chi connectivity index (χ2v) is 4.49. The van der Waals surface area contributed by atoms with Gasteiger partial charge in [0.05, 0.1) is 0 Å². The molecule has 0 aromatic heterocycles. The van der Waals surface area contributed by atoms with Crippen molar-refractivity contribution in [1.82, 2.24) is 0 Å². The van der Waals surface area contributed by atoms with Crippen LogP contribution in [0.15, 0.2) is 30.3 Å². The molecule has 0 bridgehead atoms. The Balaban J connectivity index is 2.24. The minimum absolute atomic E-state index is 0.147. The summed E-state index contributed by atoms with van der Waals surface area (Å²) in [4.78, 5) is 12.0. The van der Waals surface area contributed by atoms with Crippen molar-refractivity contribution in [2.75, 3.05) is 17.7 Å². The first kappa shape index (κ1) is 14.9. The van der Waals surface area contributed by atoms with E-state index < -0.39 is 23.4 Å². The zero-order valence-corrected chi connectivity index (χ0v) is 11.4. The van der Waals surface area contributed by atoms with Crippen LogP contribution in [0.3, 0.4) is 0 Å². The molecule has 21 heavy (non-hydrogen) atoms. The molecule has 1 amide bonds. The lowest BCUT2D eigenvalue weighted by Gasteiger charge is -2.09. The number of hydrogen-bond acceptors (Lipinski definition) is 2. The number of anilines is 2. The molecule has 0 saturated carbocycles. The fourth-order valence-corrected chi connectivity index (χ4v) is 1.92. The van der Waals surface area contributed by atoms with E-state index >= 15 is 0 Å². The van der Waals surface area contributed by atoms with E-state index in [0.717, 1.165) is 23.4 Å². The van der Waals surface area contributed by atoms with Crippen LogP contribution in [0.2, 0.25) is 0 Å². The average Bonchev–Trinajstić information content (AvgIpc) is 2.44. The monoisotopic (exact) mass is 294 g/mol. The molecular formula is C15H13F3N2O. The van der Waals surface area contributed by atoms with Gasteiger partial charge in [-0.3, -0.25) is 4.79 Å². The van der Waals surface area contributed by atoms with E-state index in [-0.39, 0.29) is 5.69 Å². The van der Waals surface area contributed by atoms with E-state index in [0.29, 0.717) is 5.56 Å². The van der Waals surface area contributed by atoms with Gasteiger partial charge in [-0.1, -0.05) is 0 Å². The first-order valence-corrected chi connectivity index (χ1v) is 6.16. The maximum atomic E-state index is 13.1. The van der Waals surface area contributed by atoms with Crippen LogP contribution in [-0.2, 0) is 0 Å². The molecule has 6 heteroatoms. The van der Waals surface area contributed by atoms with Crippen LogP contribution in [0.1, 0.15) is 15.9 Å². The number of halogens is 3. The number of rotatable bonds is 3. The highest BCUT2D eigenvalue weighted by molar-refractivity contribution is 6.04. The molecule has 0 aliphatic rings. The maximum absolute atomic E-state index is 13.1. The van der Waals surface area contributed by atoms with Gasteiger partial charge >= 0.3 is 0 Å². The molecule has 2 aromatic carbocycles. The third-order valence-electron chi connectivity index (χ3n) is 3.00. The van der Waals surface area contributed by atoms with Gasteiger partial charge < -0.3 is 10.6 Å². The zero-order chi connectivity index (χ0) is 15.6. The molecule has 0 aliphatic carbocycles. The van der Waals surface area contributed by atoms with Gasteiger partial charge in [0.25, 0.3) is 5.91 Å². The molecule has 0 fully saturated rings. The molecule has 2 rings (SSSR count). The summed E-state index contributed by atoms with van der Waals surface area (Å²) in [5, 5.41) is 5.29. The molecule has 110 valence electrons. The van der Waals surface area contributed by atoms with Gasteiger partial charge in [-0.15, -0.1) is 0 Å². The van der Waals surface area contributed by atoms with Crippen molar-refractivity contribution in [2.45, 2.75) is 6.92 Å². The highest BCUT2D eigenvalue weighted by Crippen LogP contribution is 2.20. The van der Waals surface area contributed by atoms with E-state index in [9.17, 15) is 18.0 Å². The molecular weight excluding hydrogens is 281 g/mol. The highest BCUT2D eigenvalue weighted by atomic mass is 19.2. The number of benzene rings is 2. The molecule has 3 nitrogen and oxygen atoms in total. The molecule has 0 heterocycles. The van der Waals surface area contributed by atoms with Crippen molar-refractivity contribution in [3.8, 4) is 0 Å². The van der Waals surface area contributed by atoms with Crippen molar-refractivity contribution in [3.05, 3.63) is 58.9 Å². The Morgan fingerprint density at radius 2 is 1.67 bits per heavy atom. The van der Waals surface area contributed by atoms with Crippen molar-refractivity contribution in [1.29, 1.82) is 0 Å². The lowest BCUT2D eigenvalue weighted by Crippen LogP contribution is -2.13. The molecule has 0 aliphatic heterocycles. The summed E-state index contributed by atoms with van der Waals surface area (Å²) in [5.41, 5.74) is 1.90. The summed E-state index contributed by atoms with van der Waals surface area (Å²) >= 11 is 0. The van der Waals surface area contributed by atoms with E-state index in [1.165, 1.54) is 0 Å². The predicted octanol–water partition coefficient (Wildman–Crippen LogP) is 3.71. The third-order valence-corrected chi connectivity index (χ3v) is 3.00. The Morgan fingerprint density at radius 1 is 1.05 bits per heavy atom. The lowest BCUT2D eigenvalue weighted by atomic mass is 10.1. The van der Waals surface area contributed by atoms with Crippen LogP contribution in [-0.4, -0.2) is 13.0 Å². The van der Waals surface area contributed by atoms with Gasteiger partial charge in [0.1, 0.15) is 0 Å². The molecule has 0 saturated heterocycles. The van der Waals surface area contributed by atoms with Crippen molar-refractivity contribution < 1.29 is 18.0 Å². The summed E-state index contributed by atoms with van der Waals surface area (Å²) in [6.45, 7) is 1.82. The van der Waals surface area contributed by atoms with Gasteiger partial charge in [-0.2, -0.15) is 0 Å². The second kappa shape index (κ2) is 5.87. The lowest BCUT2D eigenvalue weighted by molar-refractivity contribution is 0.102. The predicted molar refractivity (Wildman–Crippen MR) is 75.0 cm³/mol. The first-order chi connectivity index (χ1) is 9.92. The van der Waals surface area contributed by atoms with Crippen LogP contribution in [0.4, 0.5) is 24.5 Å². The Kier molecular flexibility index (Phi) is 4.16. The number of carbonyl (C=O) groups excluding carboxylic acids is 1. The first-order valence-electron chi connectivity index (χ1n) is 6.16. The van der Waals surface area contributed by atoms with Crippen LogP contribution in [0.5, 0.6) is 0 Å². The van der Waals surface area contributed by atoms with Crippen LogP contribution < -0.4 is 10.6 Å². The summed E-state index contributed by atoms with van der Waals surface area (Å²) in [6.07, 6.45) is 0. The van der Waals surface area contributed by atoms with Gasteiger partial charge in [0.15, 0.2) is 17.5 Å². The van der Waals surface area contributed by atoms with E-state index in [1.54, 1.807) is 25.2 Å². The molecule has 0 atom stereocenters. The smallest absolute Gasteiger partial charge is 0.255 e. The largest absolute Gasteiger partial charge is 0.388 e. The van der Waals surface area contributed by atoms with Gasteiger partial charge in [0, 0.05) is 36.1 Å². The normalized spacial score (nSPS) is 10.3. The van der Waals surface area contributed by atoms with E-state index in [1.807, 2.05) is 6.92 Å². The van der Waals surface area contributed by atoms with Gasteiger partial charge in [-0.25, -0.2) is 13.2 Å². The average molecular weight is 294 g/mol. The van der Waals surface area contributed by atoms with Crippen molar-refractivity contribution in [2.24, 2.45) is 0 Å².